The number of carbonyl (C=O) groups excluding carboxylic acids is 1. The van der Waals surface area contributed by atoms with Gasteiger partial charge in [-0.05, 0) is 37.3 Å². The van der Waals surface area contributed by atoms with Crippen molar-refractivity contribution in [3.8, 4) is 0 Å². The second-order valence-corrected chi connectivity index (χ2v) is 7.33. The molecule has 0 bridgehead atoms. The van der Waals surface area contributed by atoms with E-state index in [1.165, 1.54) is 32.4 Å². The Morgan fingerprint density at radius 1 is 1.30 bits per heavy atom. The lowest BCUT2D eigenvalue weighted by Crippen LogP contribution is -2.26. The van der Waals surface area contributed by atoms with Crippen LogP contribution in [-0.4, -0.2) is 32.8 Å². The summed E-state index contributed by atoms with van der Waals surface area (Å²) in [5.74, 6) is 0.563. The zero-order chi connectivity index (χ0) is 17.2. The Labute approximate surface area is 139 Å². The monoisotopic (exact) mass is 357 g/mol. The normalized spacial score (nSPS) is 11.7. The number of methoxy groups -OCH3 is 1. The van der Waals surface area contributed by atoms with Crippen molar-refractivity contribution in [2.75, 3.05) is 14.2 Å². The maximum absolute atomic E-state index is 12.7. The van der Waals surface area contributed by atoms with Gasteiger partial charge >= 0.3 is 5.97 Å². The van der Waals surface area contributed by atoms with Crippen molar-refractivity contribution >= 4 is 27.6 Å². The van der Waals surface area contributed by atoms with E-state index in [1.807, 2.05) is 0 Å². The Bertz CT molecular complexity index is 828. The summed E-state index contributed by atoms with van der Waals surface area (Å²) in [4.78, 5) is 11.4. The highest BCUT2D eigenvalue weighted by Gasteiger charge is 2.26. The summed E-state index contributed by atoms with van der Waals surface area (Å²) in [6, 6.07) is 7.41. The number of nitrogens with zero attached hydrogens (tertiary/aromatic N) is 1. The lowest BCUT2D eigenvalue weighted by atomic mass is 10.2. The number of halogens is 1. The van der Waals surface area contributed by atoms with Crippen LogP contribution in [0.25, 0.3) is 0 Å². The average molecular weight is 358 g/mol. The van der Waals surface area contributed by atoms with Crippen LogP contribution < -0.4 is 0 Å². The number of carbonyl (C=O) groups is 1. The van der Waals surface area contributed by atoms with E-state index in [4.69, 9.17) is 16.0 Å². The molecular weight excluding hydrogens is 342 g/mol. The molecule has 0 aliphatic carbocycles. The molecule has 0 saturated heterocycles. The molecule has 0 N–H and O–H groups in total. The molecule has 2 aromatic rings. The van der Waals surface area contributed by atoms with E-state index in [0.717, 1.165) is 4.31 Å². The van der Waals surface area contributed by atoms with Gasteiger partial charge < -0.3 is 9.15 Å². The van der Waals surface area contributed by atoms with E-state index in [1.54, 1.807) is 19.1 Å². The fourth-order valence-corrected chi connectivity index (χ4v) is 3.62. The van der Waals surface area contributed by atoms with Gasteiger partial charge in [0.1, 0.15) is 16.4 Å². The van der Waals surface area contributed by atoms with Crippen LogP contribution in [-0.2, 0) is 21.3 Å². The Balaban J connectivity index is 2.36. The Morgan fingerprint density at radius 2 is 2.00 bits per heavy atom. The largest absolute Gasteiger partial charge is 0.465 e. The zero-order valence-electron chi connectivity index (χ0n) is 12.9. The molecule has 0 atom stereocenters. The molecule has 0 saturated carbocycles. The minimum absolute atomic E-state index is 0.0279. The molecule has 6 nitrogen and oxygen atoms in total. The first-order valence-corrected chi connectivity index (χ1v) is 8.47. The van der Waals surface area contributed by atoms with Crippen molar-refractivity contribution < 1.29 is 22.4 Å². The third kappa shape index (κ3) is 3.74. The molecule has 0 radical (unpaired) electrons. The number of furan rings is 1. The smallest absolute Gasteiger partial charge is 0.337 e. The lowest BCUT2D eigenvalue weighted by Gasteiger charge is -2.17. The van der Waals surface area contributed by atoms with Crippen LogP contribution in [0, 0.1) is 6.92 Å². The molecule has 23 heavy (non-hydrogen) atoms. The van der Waals surface area contributed by atoms with E-state index < -0.39 is 16.0 Å². The number of hydrogen-bond acceptors (Lipinski definition) is 5. The van der Waals surface area contributed by atoms with Gasteiger partial charge in [0, 0.05) is 7.05 Å². The van der Waals surface area contributed by atoms with Gasteiger partial charge in [-0.2, -0.15) is 4.31 Å². The molecule has 2 rings (SSSR count). The Morgan fingerprint density at radius 3 is 2.57 bits per heavy atom. The summed E-state index contributed by atoms with van der Waals surface area (Å²) in [5.41, 5.74) is 0.109. The second-order valence-electron chi connectivity index (χ2n) is 4.91. The van der Waals surface area contributed by atoms with E-state index in [-0.39, 0.29) is 22.0 Å². The average Bonchev–Trinajstić information content (AvgIpc) is 2.91. The molecule has 0 unspecified atom stereocenters. The van der Waals surface area contributed by atoms with Gasteiger partial charge in [-0.25, -0.2) is 13.2 Å². The van der Waals surface area contributed by atoms with Crippen molar-refractivity contribution in [2.45, 2.75) is 18.4 Å². The number of hydrogen-bond donors (Lipinski definition) is 0. The van der Waals surface area contributed by atoms with Crippen molar-refractivity contribution in [3.05, 3.63) is 52.4 Å². The van der Waals surface area contributed by atoms with Crippen LogP contribution in [0.3, 0.4) is 0 Å². The lowest BCUT2D eigenvalue weighted by molar-refractivity contribution is 0.0600. The number of benzene rings is 1. The first-order chi connectivity index (χ1) is 10.8. The molecule has 0 aliphatic heterocycles. The number of rotatable bonds is 5. The van der Waals surface area contributed by atoms with Gasteiger partial charge in [-0.3, -0.25) is 0 Å². The van der Waals surface area contributed by atoms with Gasteiger partial charge in [-0.1, -0.05) is 11.6 Å². The van der Waals surface area contributed by atoms with E-state index in [2.05, 4.69) is 4.74 Å². The summed E-state index contributed by atoms with van der Waals surface area (Å²) in [7, 11) is -1.26. The molecule has 0 aliphatic rings. The van der Waals surface area contributed by atoms with E-state index in [9.17, 15) is 13.2 Å². The molecule has 0 amide bonds. The quantitative estimate of drug-likeness (QED) is 0.769. The third-order valence-electron chi connectivity index (χ3n) is 3.22. The predicted molar refractivity (Wildman–Crippen MR) is 84.9 cm³/mol. The number of ether oxygens (including phenoxy) is 1. The van der Waals surface area contributed by atoms with Gasteiger partial charge in [0.15, 0.2) is 0 Å². The SMILES string of the molecule is COC(=O)c1ccc(Cl)c(S(=O)(=O)N(C)Cc2ccc(C)o2)c1. The predicted octanol–water partition coefficient (Wildman–Crippen LogP) is 2.85. The van der Waals surface area contributed by atoms with Crippen LogP contribution in [0.2, 0.25) is 5.02 Å². The standard InChI is InChI=1S/C15H16ClNO5S/c1-10-4-6-12(22-10)9-17(2)23(19,20)14-8-11(15(18)21-3)5-7-13(14)16/h4-8H,9H2,1-3H3. The molecule has 8 heteroatoms. The third-order valence-corrected chi connectivity index (χ3v) is 5.50. The van der Waals surface area contributed by atoms with Crippen LogP contribution in [0.5, 0.6) is 0 Å². The zero-order valence-corrected chi connectivity index (χ0v) is 14.4. The molecule has 124 valence electrons. The molecule has 1 aromatic carbocycles. The van der Waals surface area contributed by atoms with Crippen LogP contribution in [0.4, 0.5) is 0 Å². The van der Waals surface area contributed by atoms with Crippen LogP contribution in [0.15, 0.2) is 39.6 Å². The fourth-order valence-electron chi connectivity index (χ4n) is 1.99. The van der Waals surface area contributed by atoms with Crippen molar-refractivity contribution in [3.63, 3.8) is 0 Å². The Kier molecular flexibility index (Phi) is 5.13. The highest BCUT2D eigenvalue weighted by molar-refractivity contribution is 7.89. The molecule has 1 heterocycles. The number of esters is 1. The van der Waals surface area contributed by atoms with Crippen molar-refractivity contribution in [1.29, 1.82) is 0 Å². The molecular formula is C15H16ClNO5S. The second kappa shape index (κ2) is 6.74. The molecule has 1 aromatic heterocycles. The van der Waals surface area contributed by atoms with E-state index >= 15 is 0 Å². The highest BCUT2D eigenvalue weighted by atomic mass is 35.5. The first kappa shape index (κ1) is 17.5. The fraction of sp³-hybridized carbons (Fsp3) is 0.267. The van der Waals surface area contributed by atoms with Crippen molar-refractivity contribution in [1.82, 2.24) is 4.31 Å². The minimum atomic E-state index is -3.89. The number of sulfonamides is 1. The maximum Gasteiger partial charge on any atom is 0.337 e. The maximum atomic E-state index is 12.7. The first-order valence-electron chi connectivity index (χ1n) is 6.65. The minimum Gasteiger partial charge on any atom is -0.465 e. The summed E-state index contributed by atoms with van der Waals surface area (Å²) < 4.78 is 36.4. The summed E-state index contributed by atoms with van der Waals surface area (Å²) in [6.07, 6.45) is 0. The van der Waals surface area contributed by atoms with E-state index in [0.29, 0.717) is 11.5 Å². The molecule has 0 spiro atoms. The van der Waals surface area contributed by atoms with Gasteiger partial charge in [0.2, 0.25) is 10.0 Å². The molecule has 0 fully saturated rings. The van der Waals surface area contributed by atoms with Crippen LogP contribution in [0.1, 0.15) is 21.9 Å². The van der Waals surface area contributed by atoms with Gasteiger partial charge in [-0.15, -0.1) is 0 Å². The number of aryl methyl sites for hydroxylation is 1. The highest BCUT2D eigenvalue weighted by Crippen LogP contribution is 2.26. The topological polar surface area (TPSA) is 76.8 Å². The van der Waals surface area contributed by atoms with Crippen LogP contribution >= 0.6 is 11.6 Å². The summed E-state index contributed by atoms with van der Waals surface area (Å²) in [5, 5.41) is 0.0279. The van der Waals surface area contributed by atoms with Gasteiger partial charge in [0.05, 0.1) is 24.2 Å². The van der Waals surface area contributed by atoms with Gasteiger partial charge in [0.25, 0.3) is 0 Å². The van der Waals surface area contributed by atoms with Crippen molar-refractivity contribution in [2.24, 2.45) is 0 Å². The summed E-state index contributed by atoms with van der Waals surface area (Å²) in [6.45, 7) is 1.82. The Hall–Kier alpha value is -1.83. The summed E-state index contributed by atoms with van der Waals surface area (Å²) >= 11 is 6.00.